The molecule has 3 N–H and O–H groups in total. The van der Waals surface area contributed by atoms with Crippen LogP contribution in [-0.2, 0) is 17.6 Å². The van der Waals surface area contributed by atoms with Crippen LogP contribution in [0.3, 0.4) is 0 Å². The first-order chi connectivity index (χ1) is 13.6. The minimum atomic E-state index is -1.05. The lowest BCUT2D eigenvalue weighted by molar-refractivity contribution is -0.204. The summed E-state index contributed by atoms with van der Waals surface area (Å²) in [6.07, 6.45) is 0.814. The molecule has 1 aromatic heterocycles. The van der Waals surface area contributed by atoms with Crippen LogP contribution in [0.4, 0.5) is 0 Å². The molecule has 5 nitrogen and oxygen atoms in total. The summed E-state index contributed by atoms with van der Waals surface area (Å²) < 4.78 is 7.80. The van der Waals surface area contributed by atoms with Gasteiger partial charge in [0.2, 0.25) is 0 Å². The number of ether oxygens (including phenoxy) is 1. The van der Waals surface area contributed by atoms with Gasteiger partial charge in [0.1, 0.15) is 6.10 Å². The Bertz CT molecular complexity index is 933. The van der Waals surface area contributed by atoms with E-state index in [-0.39, 0.29) is 13.0 Å². The summed E-state index contributed by atoms with van der Waals surface area (Å²) >= 11 is 0. The van der Waals surface area contributed by atoms with E-state index >= 15 is 0 Å². The van der Waals surface area contributed by atoms with Crippen molar-refractivity contribution in [3.05, 3.63) is 71.4 Å². The lowest BCUT2D eigenvalue weighted by Crippen LogP contribution is -2.46. The first-order valence-electron chi connectivity index (χ1n) is 9.89. The third-order valence-corrected chi connectivity index (χ3v) is 5.65. The van der Waals surface area contributed by atoms with E-state index in [0.717, 1.165) is 29.3 Å². The fourth-order valence-corrected chi connectivity index (χ4v) is 4.02. The fourth-order valence-electron chi connectivity index (χ4n) is 4.02. The Kier molecular flexibility index (Phi) is 5.51. The predicted molar refractivity (Wildman–Crippen MR) is 108 cm³/mol. The van der Waals surface area contributed by atoms with Gasteiger partial charge in [0, 0.05) is 18.0 Å². The number of fused-ring (bicyclic) bond motifs is 1. The largest absolute Gasteiger partial charge is 0.394 e. The topological polar surface area (TPSA) is 74.9 Å². The second-order valence-electron chi connectivity index (χ2n) is 7.55. The summed E-state index contributed by atoms with van der Waals surface area (Å²) in [7, 11) is 0. The van der Waals surface area contributed by atoms with Crippen LogP contribution in [0.15, 0.2) is 54.7 Å². The standard InChI is InChI=1S/C23H27NO4/c1-2-15-7-9-16(10-8-15)11-17-13-24(20-6-4-3-5-19(17)20)23-22(27)21(26)12-18(14-25)28-23/h3-10,13,18,21-23,25-27H,2,11-12,14H2,1H3/t18?,21?,22-,23?/m1/s1. The number of hydrogen-bond donors (Lipinski definition) is 3. The van der Waals surface area contributed by atoms with Gasteiger partial charge in [-0.25, -0.2) is 0 Å². The van der Waals surface area contributed by atoms with Crippen LogP contribution < -0.4 is 0 Å². The number of nitrogens with zero attached hydrogens (tertiary/aromatic N) is 1. The van der Waals surface area contributed by atoms with E-state index in [4.69, 9.17) is 4.74 Å². The normalized spacial score (nSPS) is 25.3. The lowest BCUT2D eigenvalue weighted by Gasteiger charge is -2.37. The number of aryl methyl sites for hydroxylation is 1. The number of para-hydroxylation sites is 1. The van der Waals surface area contributed by atoms with Gasteiger partial charge in [0.15, 0.2) is 6.23 Å². The monoisotopic (exact) mass is 381 g/mol. The molecule has 0 saturated carbocycles. The molecular formula is C23H27NO4. The predicted octanol–water partition coefficient (Wildman–Crippen LogP) is 2.80. The molecule has 4 atom stereocenters. The van der Waals surface area contributed by atoms with E-state index in [1.165, 1.54) is 11.1 Å². The maximum absolute atomic E-state index is 10.5. The molecule has 2 heterocycles. The Balaban J connectivity index is 1.71. The number of aliphatic hydroxyl groups excluding tert-OH is 3. The van der Waals surface area contributed by atoms with Gasteiger partial charge in [0.05, 0.1) is 24.3 Å². The summed E-state index contributed by atoms with van der Waals surface area (Å²) in [6.45, 7) is 1.96. The van der Waals surface area contributed by atoms with Crippen LogP contribution >= 0.6 is 0 Å². The zero-order valence-corrected chi connectivity index (χ0v) is 16.0. The van der Waals surface area contributed by atoms with Crippen LogP contribution in [0.2, 0.25) is 0 Å². The van der Waals surface area contributed by atoms with E-state index in [9.17, 15) is 15.3 Å². The van der Waals surface area contributed by atoms with Crippen LogP contribution in [0.1, 0.15) is 36.3 Å². The van der Waals surface area contributed by atoms with Crippen molar-refractivity contribution in [3.63, 3.8) is 0 Å². The molecule has 0 amide bonds. The van der Waals surface area contributed by atoms with Gasteiger partial charge in [-0.15, -0.1) is 0 Å². The van der Waals surface area contributed by atoms with Crippen molar-refractivity contribution < 1.29 is 20.1 Å². The van der Waals surface area contributed by atoms with Crippen molar-refractivity contribution >= 4 is 10.9 Å². The maximum Gasteiger partial charge on any atom is 0.163 e. The Hall–Kier alpha value is -2.18. The van der Waals surface area contributed by atoms with Crippen molar-refractivity contribution in [2.24, 2.45) is 0 Å². The second-order valence-corrected chi connectivity index (χ2v) is 7.55. The molecule has 1 aliphatic heterocycles. The van der Waals surface area contributed by atoms with Gasteiger partial charge in [-0.1, -0.05) is 49.4 Å². The van der Waals surface area contributed by atoms with E-state index in [1.54, 1.807) is 0 Å². The molecule has 0 radical (unpaired) electrons. The zero-order chi connectivity index (χ0) is 19.7. The molecule has 1 aliphatic rings. The van der Waals surface area contributed by atoms with Crippen molar-refractivity contribution in [2.75, 3.05) is 6.61 Å². The van der Waals surface area contributed by atoms with Gasteiger partial charge in [0.25, 0.3) is 0 Å². The second kappa shape index (κ2) is 8.05. The fraction of sp³-hybridized carbons (Fsp3) is 0.391. The molecule has 3 aromatic rings. The third-order valence-electron chi connectivity index (χ3n) is 5.65. The molecule has 1 fully saturated rings. The number of aromatic nitrogens is 1. The van der Waals surface area contributed by atoms with E-state index in [0.29, 0.717) is 0 Å². The van der Waals surface area contributed by atoms with Crippen molar-refractivity contribution in [1.29, 1.82) is 0 Å². The number of benzene rings is 2. The summed E-state index contributed by atoms with van der Waals surface area (Å²) in [5.74, 6) is 0. The lowest BCUT2D eigenvalue weighted by atomic mass is 10.0. The van der Waals surface area contributed by atoms with Crippen molar-refractivity contribution in [2.45, 2.75) is 50.7 Å². The molecule has 4 rings (SSSR count). The SMILES string of the molecule is CCc1ccc(Cc2cn(C3OC(CO)CC(O)[C@H]3O)c3ccccc23)cc1. The van der Waals surface area contributed by atoms with Crippen LogP contribution in [-0.4, -0.2) is 44.8 Å². The quantitative estimate of drug-likeness (QED) is 0.635. The zero-order valence-electron chi connectivity index (χ0n) is 16.0. The smallest absolute Gasteiger partial charge is 0.163 e. The minimum Gasteiger partial charge on any atom is -0.394 e. The number of rotatable bonds is 5. The maximum atomic E-state index is 10.5. The molecule has 1 saturated heterocycles. The van der Waals surface area contributed by atoms with Gasteiger partial charge in [-0.3, -0.25) is 0 Å². The van der Waals surface area contributed by atoms with E-state index in [2.05, 4.69) is 37.3 Å². The molecule has 148 valence electrons. The Morgan fingerprint density at radius 1 is 1.04 bits per heavy atom. The summed E-state index contributed by atoms with van der Waals surface area (Å²) in [5, 5.41) is 31.3. The minimum absolute atomic E-state index is 0.184. The number of aliphatic hydroxyl groups is 3. The molecular weight excluding hydrogens is 354 g/mol. The highest BCUT2D eigenvalue weighted by Gasteiger charge is 2.38. The summed E-state index contributed by atoms with van der Waals surface area (Å²) in [5.41, 5.74) is 4.61. The molecule has 2 aromatic carbocycles. The van der Waals surface area contributed by atoms with Gasteiger partial charge >= 0.3 is 0 Å². The van der Waals surface area contributed by atoms with E-state index in [1.807, 2.05) is 29.0 Å². The Labute approximate surface area is 164 Å². The van der Waals surface area contributed by atoms with Crippen LogP contribution in [0.5, 0.6) is 0 Å². The summed E-state index contributed by atoms with van der Waals surface area (Å²) in [6, 6.07) is 16.6. The summed E-state index contributed by atoms with van der Waals surface area (Å²) in [4.78, 5) is 0. The van der Waals surface area contributed by atoms with Crippen LogP contribution in [0, 0.1) is 0 Å². The molecule has 0 spiro atoms. The highest BCUT2D eigenvalue weighted by molar-refractivity contribution is 5.84. The molecule has 0 bridgehead atoms. The van der Waals surface area contributed by atoms with Crippen molar-refractivity contribution in [3.8, 4) is 0 Å². The molecule has 0 aliphatic carbocycles. The van der Waals surface area contributed by atoms with Gasteiger partial charge in [-0.05, 0) is 35.6 Å². The molecule has 5 heteroatoms. The third kappa shape index (κ3) is 3.59. The first kappa shape index (κ1) is 19.2. The average molecular weight is 381 g/mol. The Morgan fingerprint density at radius 3 is 2.46 bits per heavy atom. The van der Waals surface area contributed by atoms with Gasteiger partial charge < -0.3 is 24.6 Å². The molecule has 28 heavy (non-hydrogen) atoms. The first-order valence-corrected chi connectivity index (χ1v) is 9.89. The van der Waals surface area contributed by atoms with Crippen LogP contribution in [0.25, 0.3) is 10.9 Å². The van der Waals surface area contributed by atoms with Crippen molar-refractivity contribution in [1.82, 2.24) is 4.57 Å². The highest BCUT2D eigenvalue weighted by Crippen LogP contribution is 2.33. The Morgan fingerprint density at radius 2 is 1.75 bits per heavy atom. The van der Waals surface area contributed by atoms with Gasteiger partial charge in [-0.2, -0.15) is 0 Å². The number of hydrogen-bond acceptors (Lipinski definition) is 4. The van der Waals surface area contributed by atoms with E-state index < -0.39 is 24.5 Å². The average Bonchev–Trinajstić information content (AvgIpc) is 3.09. The molecule has 3 unspecified atom stereocenters. The highest BCUT2D eigenvalue weighted by atomic mass is 16.5.